The highest BCUT2D eigenvalue weighted by Crippen LogP contribution is 2.49. The fourth-order valence-corrected chi connectivity index (χ4v) is 3.19. The Morgan fingerprint density at radius 1 is 1.38 bits per heavy atom. The third-order valence-corrected chi connectivity index (χ3v) is 4.16. The summed E-state index contributed by atoms with van der Waals surface area (Å²) in [5, 5.41) is 8.58. The molecule has 0 amide bonds. The van der Waals surface area contributed by atoms with Gasteiger partial charge in [0.05, 0.1) is 12.8 Å². The average Bonchev–Trinajstić information content (AvgIpc) is 2.79. The number of aliphatic carboxylic acids is 1. The Labute approximate surface area is 93.5 Å². The number of alkyl halides is 3. The Morgan fingerprint density at radius 2 is 1.94 bits per heavy atom. The van der Waals surface area contributed by atoms with Crippen LogP contribution in [0, 0.1) is 5.41 Å². The second-order valence-corrected chi connectivity index (χ2v) is 5.80. The molecule has 0 spiro atoms. The van der Waals surface area contributed by atoms with Gasteiger partial charge in [-0.25, -0.2) is 0 Å². The first-order valence-electron chi connectivity index (χ1n) is 4.86. The van der Waals surface area contributed by atoms with Gasteiger partial charge in [0.15, 0.2) is 0 Å². The molecule has 3 nitrogen and oxygen atoms in total. The van der Waals surface area contributed by atoms with Crippen LogP contribution >= 0.6 is 0 Å². The van der Waals surface area contributed by atoms with E-state index in [0.717, 1.165) is 0 Å². The van der Waals surface area contributed by atoms with Gasteiger partial charge in [0, 0.05) is 22.3 Å². The Bertz CT molecular complexity index is 297. The largest absolute Gasteiger partial charge is 0.481 e. The van der Waals surface area contributed by atoms with Crippen LogP contribution in [-0.4, -0.2) is 33.0 Å². The van der Waals surface area contributed by atoms with E-state index >= 15 is 0 Å². The van der Waals surface area contributed by atoms with Gasteiger partial charge in [-0.15, -0.1) is 0 Å². The van der Waals surface area contributed by atoms with E-state index in [-0.39, 0.29) is 12.2 Å². The fraction of sp³-hybridized carbons (Fsp3) is 0.889. The normalized spacial score (nSPS) is 20.4. The molecule has 1 rings (SSSR count). The summed E-state index contributed by atoms with van der Waals surface area (Å²) >= 11 is 0. The fourth-order valence-electron chi connectivity index (χ4n) is 1.51. The maximum atomic E-state index is 11.8. The van der Waals surface area contributed by atoms with Crippen molar-refractivity contribution in [3.63, 3.8) is 0 Å². The van der Waals surface area contributed by atoms with E-state index in [0.29, 0.717) is 12.8 Å². The summed E-state index contributed by atoms with van der Waals surface area (Å²) in [4.78, 5) is 10.5. The quantitative estimate of drug-likeness (QED) is 0.792. The lowest BCUT2D eigenvalue weighted by Crippen LogP contribution is -2.20. The van der Waals surface area contributed by atoms with E-state index in [1.54, 1.807) is 0 Å². The molecular weight excluding hydrogens is 245 g/mol. The van der Waals surface area contributed by atoms with Gasteiger partial charge in [0.1, 0.15) is 0 Å². The van der Waals surface area contributed by atoms with E-state index in [1.807, 2.05) is 0 Å². The van der Waals surface area contributed by atoms with Crippen molar-refractivity contribution in [2.24, 2.45) is 5.41 Å². The van der Waals surface area contributed by atoms with Gasteiger partial charge in [-0.05, 0) is 18.3 Å². The number of hydrogen-bond donors (Lipinski definition) is 1. The van der Waals surface area contributed by atoms with E-state index in [1.165, 1.54) is 0 Å². The smallest absolute Gasteiger partial charge is 0.390 e. The van der Waals surface area contributed by atoms with Crippen LogP contribution in [0.4, 0.5) is 13.2 Å². The second kappa shape index (κ2) is 4.73. The molecule has 1 aliphatic rings. The highest BCUT2D eigenvalue weighted by Gasteiger charge is 2.45. The van der Waals surface area contributed by atoms with Gasteiger partial charge >= 0.3 is 12.1 Å². The van der Waals surface area contributed by atoms with Crippen molar-refractivity contribution < 1.29 is 27.3 Å². The molecule has 16 heavy (non-hydrogen) atoms. The third kappa shape index (κ3) is 4.96. The molecule has 1 saturated carbocycles. The zero-order valence-corrected chi connectivity index (χ0v) is 9.36. The second-order valence-electron chi connectivity index (χ2n) is 4.22. The van der Waals surface area contributed by atoms with Crippen LogP contribution in [0.25, 0.3) is 0 Å². The summed E-state index contributed by atoms with van der Waals surface area (Å²) in [6, 6.07) is 0. The highest BCUT2D eigenvalue weighted by atomic mass is 32.2. The Kier molecular flexibility index (Phi) is 3.98. The molecule has 1 N–H and O–H groups in total. The van der Waals surface area contributed by atoms with Crippen LogP contribution in [0.5, 0.6) is 0 Å². The van der Waals surface area contributed by atoms with E-state index in [9.17, 15) is 22.2 Å². The molecule has 1 atom stereocenters. The van der Waals surface area contributed by atoms with Crippen molar-refractivity contribution in [1.29, 1.82) is 0 Å². The molecule has 0 saturated heterocycles. The van der Waals surface area contributed by atoms with Crippen molar-refractivity contribution >= 4 is 16.8 Å². The maximum Gasteiger partial charge on any atom is 0.390 e. The molecule has 0 aliphatic heterocycles. The van der Waals surface area contributed by atoms with E-state index in [4.69, 9.17) is 5.11 Å². The van der Waals surface area contributed by atoms with Crippen LogP contribution in [0.1, 0.15) is 25.7 Å². The zero-order chi connectivity index (χ0) is 12.4. The molecule has 0 aromatic heterocycles. The number of carbonyl (C=O) groups is 1. The summed E-state index contributed by atoms with van der Waals surface area (Å²) in [6.07, 6.45) is -4.15. The summed E-state index contributed by atoms with van der Waals surface area (Å²) < 4.78 is 46.9. The molecule has 1 fully saturated rings. The molecule has 0 heterocycles. The van der Waals surface area contributed by atoms with Crippen LogP contribution < -0.4 is 0 Å². The minimum atomic E-state index is -4.29. The number of carboxylic acids is 1. The van der Waals surface area contributed by atoms with Gasteiger partial charge in [-0.1, -0.05) is 0 Å². The lowest BCUT2D eigenvalue weighted by molar-refractivity contribution is -0.138. The van der Waals surface area contributed by atoms with Crippen molar-refractivity contribution in [3.05, 3.63) is 0 Å². The van der Waals surface area contributed by atoms with Crippen LogP contribution in [-0.2, 0) is 15.6 Å². The summed E-state index contributed by atoms with van der Waals surface area (Å²) in [6.45, 7) is 0. The van der Waals surface area contributed by atoms with Crippen molar-refractivity contribution in [2.45, 2.75) is 31.9 Å². The first kappa shape index (κ1) is 13.5. The molecule has 1 unspecified atom stereocenters. The lowest BCUT2D eigenvalue weighted by atomic mass is 10.1. The minimum absolute atomic E-state index is 0.0787. The molecule has 94 valence electrons. The topological polar surface area (TPSA) is 54.4 Å². The molecule has 1 aliphatic carbocycles. The first-order chi connectivity index (χ1) is 7.22. The minimum Gasteiger partial charge on any atom is -0.481 e. The molecule has 7 heteroatoms. The van der Waals surface area contributed by atoms with Gasteiger partial charge in [-0.2, -0.15) is 13.2 Å². The Hall–Kier alpha value is -0.590. The number of halogens is 3. The maximum absolute atomic E-state index is 11.8. The van der Waals surface area contributed by atoms with Gasteiger partial charge in [-0.3, -0.25) is 9.00 Å². The van der Waals surface area contributed by atoms with Crippen LogP contribution in [0.15, 0.2) is 0 Å². The standard InChI is InChI=1S/C9H13F3O3S/c10-9(11,12)3-4-16(15)6-8(1-2-8)5-7(13)14/h1-6H2,(H,13,14). The lowest BCUT2D eigenvalue weighted by Gasteiger charge is -2.12. The van der Waals surface area contributed by atoms with Gasteiger partial charge < -0.3 is 5.11 Å². The molecule has 0 aromatic carbocycles. The first-order valence-corrected chi connectivity index (χ1v) is 6.35. The van der Waals surface area contributed by atoms with Crippen LogP contribution in [0.2, 0.25) is 0 Å². The van der Waals surface area contributed by atoms with E-state index < -0.39 is 40.5 Å². The predicted molar refractivity (Wildman–Crippen MR) is 52.5 cm³/mol. The molecule has 0 radical (unpaired) electrons. The summed E-state index contributed by atoms with van der Waals surface area (Å²) in [7, 11) is -1.57. The molecular formula is C9H13F3O3S. The molecule has 0 aromatic rings. The predicted octanol–water partition coefficient (Wildman–Crippen LogP) is 1.94. The van der Waals surface area contributed by atoms with Gasteiger partial charge in [0.2, 0.25) is 0 Å². The number of carboxylic acid groups (broad SMARTS) is 1. The van der Waals surface area contributed by atoms with Gasteiger partial charge in [0.25, 0.3) is 0 Å². The van der Waals surface area contributed by atoms with Crippen molar-refractivity contribution in [2.75, 3.05) is 11.5 Å². The molecule has 0 bridgehead atoms. The summed E-state index contributed by atoms with van der Waals surface area (Å²) in [5.74, 6) is -1.33. The zero-order valence-electron chi connectivity index (χ0n) is 8.55. The summed E-state index contributed by atoms with van der Waals surface area (Å²) in [5.41, 5.74) is -0.498. The Morgan fingerprint density at radius 3 is 2.31 bits per heavy atom. The average molecular weight is 258 g/mol. The van der Waals surface area contributed by atoms with Crippen molar-refractivity contribution in [3.8, 4) is 0 Å². The number of rotatable bonds is 6. The van der Waals surface area contributed by atoms with Crippen LogP contribution in [0.3, 0.4) is 0 Å². The number of hydrogen-bond acceptors (Lipinski definition) is 2. The van der Waals surface area contributed by atoms with E-state index in [2.05, 4.69) is 0 Å². The SMILES string of the molecule is O=C(O)CC1(CS(=O)CCC(F)(F)F)CC1. The van der Waals surface area contributed by atoms with Crippen molar-refractivity contribution in [1.82, 2.24) is 0 Å². The third-order valence-electron chi connectivity index (χ3n) is 2.56. The highest BCUT2D eigenvalue weighted by molar-refractivity contribution is 7.85. The Balaban J connectivity index is 2.32. The monoisotopic (exact) mass is 258 g/mol.